The first kappa shape index (κ1) is 19.2. The van der Waals surface area contributed by atoms with Gasteiger partial charge < -0.3 is 10.0 Å². The quantitative estimate of drug-likeness (QED) is 0.799. The number of nitrogens with one attached hydrogen (secondary N) is 1. The molecule has 1 amide bonds. The number of amides is 1. The molecular weight excluding hydrogens is 344 g/mol. The first-order valence-electron chi connectivity index (χ1n) is 8.34. The van der Waals surface area contributed by atoms with Crippen molar-refractivity contribution < 1.29 is 23.1 Å². The number of carbonyl (C=O) groups is 2. The van der Waals surface area contributed by atoms with E-state index in [1.54, 1.807) is 36.1 Å². The summed E-state index contributed by atoms with van der Waals surface area (Å²) in [5.41, 5.74) is 0.817. The highest BCUT2D eigenvalue weighted by Gasteiger charge is 2.32. The molecule has 2 unspecified atom stereocenters. The Morgan fingerprint density at radius 2 is 1.88 bits per heavy atom. The second-order valence-corrected chi connectivity index (χ2v) is 8.43. The molecule has 2 atom stereocenters. The van der Waals surface area contributed by atoms with Crippen LogP contribution in [0.25, 0.3) is 0 Å². The summed E-state index contributed by atoms with van der Waals surface area (Å²) in [6.07, 6.45) is 1.08. The molecule has 1 aromatic rings. The molecule has 7 nitrogen and oxygen atoms in total. The molecule has 138 valence electrons. The highest BCUT2D eigenvalue weighted by Crippen LogP contribution is 2.24. The Labute approximate surface area is 148 Å². The molecular formula is C17H24N2O5S. The number of anilines is 1. The third-order valence-corrected chi connectivity index (χ3v) is 5.67. The Bertz CT molecular complexity index is 730. The topological polar surface area (TPSA) is 104 Å². The second-order valence-electron chi connectivity index (χ2n) is 6.58. The average molecular weight is 368 g/mol. The van der Waals surface area contributed by atoms with Gasteiger partial charge in [0, 0.05) is 24.3 Å². The van der Waals surface area contributed by atoms with Crippen molar-refractivity contribution in [2.45, 2.75) is 26.7 Å². The van der Waals surface area contributed by atoms with E-state index in [9.17, 15) is 23.1 Å². The highest BCUT2D eigenvalue weighted by atomic mass is 32.2. The molecule has 1 heterocycles. The van der Waals surface area contributed by atoms with Crippen molar-refractivity contribution in [3.05, 3.63) is 29.8 Å². The minimum atomic E-state index is -3.37. The summed E-state index contributed by atoms with van der Waals surface area (Å²) in [7, 11) is -3.37. The van der Waals surface area contributed by atoms with Crippen molar-refractivity contribution in [3.63, 3.8) is 0 Å². The minimum absolute atomic E-state index is 0.0376. The fourth-order valence-electron chi connectivity index (χ4n) is 3.06. The first-order valence-corrected chi connectivity index (χ1v) is 9.99. The number of carboxylic acids is 1. The van der Waals surface area contributed by atoms with E-state index in [2.05, 4.69) is 4.72 Å². The van der Waals surface area contributed by atoms with Gasteiger partial charge in [0.25, 0.3) is 5.91 Å². The molecule has 0 spiro atoms. The van der Waals surface area contributed by atoms with Gasteiger partial charge in [0.2, 0.25) is 10.0 Å². The van der Waals surface area contributed by atoms with E-state index in [0.29, 0.717) is 30.6 Å². The number of rotatable bonds is 6. The van der Waals surface area contributed by atoms with Gasteiger partial charge >= 0.3 is 5.97 Å². The number of aliphatic carboxylic acids is 1. The molecule has 0 saturated carbocycles. The van der Waals surface area contributed by atoms with Gasteiger partial charge in [-0.1, -0.05) is 13.8 Å². The zero-order valence-electron chi connectivity index (χ0n) is 14.4. The maximum absolute atomic E-state index is 12.6. The van der Waals surface area contributed by atoms with Crippen LogP contribution in [0.4, 0.5) is 5.69 Å². The summed E-state index contributed by atoms with van der Waals surface area (Å²) in [6.45, 7) is 4.43. The zero-order valence-corrected chi connectivity index (χ0v) is 15.3. The van der Waals surface area contributed by atoms with Crippen LogP contribution in [0.15, 0.2) is 24.3 Å². The van der Waals surface area contributed by atoms with Gasteiger partial charge in [-0.3, -0.25) is 14.3 Å². The molecule has 2 rings (SSSR count). The highest BCUT2D eigenvalue weighted by molar-refractivity contribution is 7.92. The van der Waals surface area contributed by atoms with Crippen LogP contribution in [0.1, 0.15) is 37.0 Å². The smallest absolute Gasteiger partial charge is 0.308 e. The number of hydrogen-bond donors (Lipinski definition) is 2. The standard InChI is InChI=1S/C17H24N2O5S/c1-3-8-25(23,24)18-15-6-4-13(5-7-15)16(20)19-10-12(2)9-14(11-19)17(21)22/h4-7,12,14,18H,3,8-11H2,1-2H3,(H,21,22). The SMILES string of the molecule is CCCS(=O)(=O)Nc1ccc(C(=O)N2CC(C)CC(C(=O)O)C2)cc1. The maximum Gasteiger partial charge on any atom is 0.308 e. The number of hydrogen-bond acceptors (Lipinski definition) is 4. The lowest BCUT2D eigenvalue weighted by molar-refractivity contribution is -0.143. The van der Waals surface area contributed by atoms with Crippen LogP contribution < -0.4 is 4.72 Å². The van der Waals surface area contributed by atoms with Crippen LogP contribution in [0.2, 0.25) is 0 Å². The van der Waals surface area contributed by atoms with Crippen molar-refractivity contribution in [2.75, 3.05) is 23.6 Å². The fourth-order valence-corrected chi connectivity index (χ4v) is 4.19. The number of sulfonamides is 1. The Morgan fingerprint density at radius 1 is 1.24 bits per heavy atom. The molecule has 0 radical (unpaired) electrons. The van der Waals surface area contributed by atoms with Crippen molar-refractivity contribution in [2.24, 2.45) is 11.8 Å². The average Bonchev–Trinajstić information content (AvgIpc) is 2.53. The number of carboxylic acid groups (broad SMARTS) is 1. The van der Waals surface area contributed by atoms with E-state index in [1.165, 1.54) is 0 Å². The van der Waals surface area contributed by atoms with E-state index < -0.39 is 21.9 Å². The normalized spacial score (nSPS) is 21.0. The summed E-state index contributed by atoms with van der Waals surface area (Å²) in [6, 6.07) is 6.20. The van der Waals surface area contributed by atoms with Crippen LogP contribution in [-0.4, -0.2) is 49.1 Å². The van der Waals surface area contributed by atoms with Gasteiger partial charge in [-0.15, -0.1) is 0 Å². The van der Waals surface area contributed by atoms with Crippen molar-refractivity contribution in [1.29, 1.82) is 0 Å². The van der Waals surface area contributed by atoms with E-state index in [1.807, 2.05) is 6.92 Å². The van der Waals surface area contributed by atoms with E-state index in [-0.39, 0.29) is 24.1 Å². The largest absolute Gasteiger partial charge is 0.481 e. The van der Waals surface area contributed by atoms with Gasteiger partial charge in [-0.2, -0.15) is 0 Å². The lowest BCUT2D eigenvalue weighted by Gasteiger charge is -2.34. The van der Waals surface area contributed by atoms with Crippen LogP contribution >= 0.6 is 0 Å². The van der Waals surface area contributed by atoms with Crippen LogP contribution in [0.3, 0.4) is 0 Å². The van der Waals surface area contributed by atoms with E-state index >= 15 is 0 Å². The summed E-state index contributed by atoms with van der Waals surface area (Å²) in [5, 5.41) is 9.21. The van der Waals surface area contributed by atoms with Gasteiger partial charge in [0.05, 0.1) is 11.7 Å². The Morgan fingerprint density at radius 3 is 2.44 bits per heavy atom. The molecule has 25 heavy (non-hydrogen) atoms. The third kappa shape index (κ3) is 5.19. The molecule has 0 aliphatic carbocycles. The van der Waals surface area contributed by atoms with Gasteiger partial charge in [0.1, 0.15) is 0 Å². The molecule has 0 aromatic heterocycles. The van der Waals surface area contributed by atoms with Gasteiger partial charge in [-0.25, -0.2) is 8.42 Å². The molecule has 2 N–H and O–H groups in total. The molecule has 1 saturated heterocycles. The Kier molecular flexibility index (Phi) is 6.05. The zero-order chi connectivity index (χ0) is 18.6. The minimum Gasteiger partial charge on any atom is -0.481 e. The van der Waals surface area contributed by atoms with Crippen LogP contribution in [-0.2, 0) is 14.8 Å². The lowest BCUT2D eigenvalue weighted by Crippen LogP contribution is -2.45. The first-order chi connectivity index (χ1) is 11.7. The summed E-state index contributed by atoms with van der Waals surface area (Å²) >= 11 is 0. The van der Waals surface area contributed by atoms with Crippen LogP contribution in [0.5, 0.6) is 0 Å². The van der Waals surface area contributed by atoms with E-state index in [0.717, 1.165) is 0 Å². The Hall–Kier alpha value is -2.09. The summed E-state index contributed by atoms with van der Waals surface area (Å²) in [4.78, 5) is 25.4. The number of nitrogens with zero attached hydrogens (tertiary/aromatic N) is 1. The monoisotopic (exact) mass is 368 g/mol. The molecule has 1 aliphatic rings. The van der Waals surface area contributed by atoms with Crippen LogP contribution in [0, 0.1) is 11.8 Å². The van der Waals surface area contributed by atoms with Crippen molar-refractivity contribution in [1.82, 2.24) is 4.90 Å². The predicted octanol–water partition coefficient (Wildman–Crippen LogP) is 2.02. The third-order valence-electron chi connectivity index (χ3n) is 4.17. The summed E-state index contributed by atoms with van der Waals surface area (Å²) < 4.78 is 26.0. The predicted molar refractivity (Wildman–Crippen MR) is 95.0 cm³/mol. The molecule has 0 bridgehead atoms. The second kappa shape index (κ2) is 7.86. The lowest BCUT2D eigenvalue weighted by atomic mass is 9.90. The molecule has 1 aromatic carbocycles. The number of benzene rings is 1. The Balaban J connectivity index is 2.08. The maximum atomic E-state index is 12.6. The van der Waals surface area contributed by atoms with Crippen molar-refractivity contribution >= 4 is 27.6 Å². The molecule has 1 aliphatic heterocycles. The van der Waals surface area contributed by atoms with Gasteiger partial charge in [0.15, 0.2) is 0 Å². The molecule has 8 heteroatoms. The number of piperidine rings is 1. The number of carbonyl (C=O) groups excluding carboxylic acids is 1. The van der Waals surface area contributed by atoms with E-state index in [4.69, 9.17) is 0 Å². The fraction of sp³-hybridized carbons (Fsp3) is 0.529. The summed E-state index contributed by atoms with van der Waals surface area (Å²) in [5.74, 6) is -1.51. The van der Waals surface area contributed by atoms with Crippen molar-refractivity contribution in [3.8, 4) is 0 Å². The number of likely N-dealkylation sites (tertiary alicyclic amines) is 1. The van der Waals surface area contributed by atoms with Gasteiger partial charge in [-0.05, 0) is 43.0 Å². The molecule has 1 fully saturated rings.